The molecule has 0 radical (unpaired) electrons. The third kappa shape index (κ3) is 3.05. The number of carbonyl (C=O) groups excluding carboxylic acids is 1. The van der Waals surface area contributed by atoms with Crippen LogP contribution >= 0.6 is 0 Å². The number of amides is 1. The zero-order valence-electron chi connectivity index (χ0n) is 5.24. The van der Waals surface area contributed by atoms with Crippen LogP contribution in [0.4, 0.5) is 0 Å². The predicted molar refractivity (Wildman–Crippen MR) is 31.8 cm³/mol. The van der Waals surface area contributed by atoms with Gasteiger partial charge in [-0.05, 0) is 6.92 Å². The summed E-state index contributed by atoms with van der Waals surface area (Å²) in [4.78, 5) is 9.75. The van der Waals surface area contributed by atoms with Gasteiger partial charge in [0.05, 0.1) is 18.8 Å². The van der Waals surface area contributed by atoms with E-state index in [-0.39, 0.29) is 6.61 Å². The van der Waals surface area contributed by atoms with Crippen molar-refractivity contribution in [1.82, 2.24) is 5.32 Å². The van der Waals surface area contributed by atoms with Gasteiger partial charge >= 0.3 is 0 Å². The lowest BCUT2D eigenvalue weighted by atomic mass is 10.2. The Morgan fingerprint density at radius 2 is 2.33 bits per heavy atom. The van der Waals surface area contributed by atoms with Crippen LogP contribution in [0.2, 0.25) is 0 Å². The van der Waals surface area contributed by atoms with Crippen molar-refractivity contribution < 1.29 is 15.0 Å². The fraction of sp³-hybridized carbons (Fsp3) is 0.800. The molecule has 1 amide bonds. The Kier molecular flexibility index (Phi) is 4.00. The zero-order valence-corrected chi connectivity index (χ0v) is 5.24. The quantitative estimate of drug-likeness (QED) is 0.408. The molecule has 0 aliphatic heterocycles. The van der Waals surface area contributed by atoms with Gasteiger partial charge in [0.15, 0.2) is 0 Å². The lowest BCUT2D eigenvalue weighted by Gasteiger charge is -2.14. The summed E-state index contributed by atoms with van der Waals surface area (Å²) in [5.41, 5.74) is 0. The Bertz CT molecular complexity index is 84.3. The highest BCUT2D eigenvalue weighted by Gasteiger charge is 2.10. The number of aliphatic hydroxyl groups is 2. The third-order valence-electron chi connectivity index (χ3n) is 1.06. The van der Waals surface area contributed by atoms with Crippen molar-refractivity contribution in [3.05, 3.63) is 0 Å². The first-order valence-electron chi connectivity index (χ1n) is 2.71. The maximum atomic E-state index is 9.75. The lowest BCUT2D eigenvalue weighted by Crippen LogP contribution is -2.40. The summed E-state index contributed by atoms with van der Waals surface area (Å²) in [6.07, 6.45) is -0.256. The molecule has 0 saturated carbocycles. The normalized spacial score (nSPS) is 16.3. The Hall–Kier alpha value is -0.610. The molecule has 0 aromatic carbocycles. The van der Waals surface area contributed by atoms with Crippen molar-refractivity contribution in [3.63, 3.8) is 0 Å². The Morgan fingerprint density at radius 3 is 2.44 bits per heavy atom. The molecule has 0 aromatic heterocycles. The van der Waals surface area contributed by atoms with Gasteiger partial charge < -0.3 is 15.5 Å². The smallest absolute Gasteiger partial charge is 0.207 e. The van der Waals surface area contributed by atoms with Gasteiger partial charge in [-0.3, -0.25) is 4.79 Å². The molecule has 0 saturated heterocycles. The molecular formula is C5H11NO3. The average Bonchev–Trinajstić information content (AvgIpc) is 1.82. The van der Waals surface area contributed by atoms with E-state index in [4.69, 9.17) is 10.2 Å². The number of hydrogen-bond donors (Lipinski definition) is 3. The minimum Gasteiger partial charge on any atom is -0.394 e. The summed E-state index contributed by atoms with van der Waals surface area (Å²) >= 11 is 0. The van der Waals surface area contributed by atoms with E-state index < -0.39 is 12.1 Å². The largest absolute Gasteiger partial charge is 0.394 e. The van der Waals surface area contributed by atoms with Gasteiger partial charge in [0.2, 0.25) is 6.41 Å². The maximum absolute atomic E-state index is 9.75. The summed E-state index contributed by atoms with van der Waals surface area (Å²) < 4.78 is 0. The monoisotopic (exact) mass is 133 g/mol. The van der Waals surface area contributed by atoms with Gasteiger partial charge in [-0.1, -0.05) is 0 Å². The van der Waals surface area contributed by atoms with Crippen molar-refractivity contribution in [2.45, 2.75) is 19.1 Å². The zero-order chi connectivity index (χ0) is 7.28. The minimum absolute atomic E-state index is 0.240. The molecule has 0 spiro atoms. The van der Waals surface area contributed by atoms with Crippen molar-refractivity contribution >= 4 is 6.41 Å². The minimum atomic E-state index is -0.708. The van der Waals surface area contributed by atoms with E-state index in [1.807, 2.05) is 0 Å². The molecule has 4 heteroatoms. The lowest BCUT2D eigenvalue weighted by molar-refractivity contribution is -0.111. The topological polar surface area (TPSA) is 69.6 Å². The highest BCUT2D eigenvalue weighted by atomic mass is 16.3. The number of carbonyl (C=O) groups is 1. The summed E-state index contributed by atoms with van der Waals surface area (Å²) in [7, 11) is 0. The molecular weight excluding hydrogens is 122 g/mol. The SMILES string of the molecule is CC(O)C(CO)NC=O. The molecule has 0 rings (SSSR count). The second-order valence-corrected chi connectivity index (χ2v) is 1.81. The third-order valence-corrected chi connectivity index (χ3v) is 1.06. The van der Waals surface area contributed by atoms with Crippen LogP contribution in [0.15, 0.2) is 0 Å². The first kappa shape index (κ1) is 8.39. The molecule has 0 aromatic rings. The van der Waals surface area contributed by atoms with Crippen molar-refractivity contribution in [3.8, 4) is 0 Å². The molecule has 2 atom stereocenters. The van der Waals surface area contributed by atoms with Gasteiger partial charge in [-0.25, -0.2) is 0 Å². The van der Waals surface area contributed by atoms with E-state index in [1.165, 1.54) is 6.92 Å². The van der Waals surface area contributed by atoms with Crippen LogP contribution in [0, 0.1) is 0 Å². The highest BCUT2D eigenvalue weighted by Crippen LogP contribution is 1.87. The number of nitrogens with one attached hydrogen (secondary N) is 1. The fourth-order valence-corrected chi connectivity index (χ4v) is 0.432. The number of rotatable bonds is 4. The Morgan fingerprint density at radius 1 is 1.78 bits per heavy atom. The average molecular weight is 133 g/mol. The molecule has 0 heterocycles. The van der Waals surface area contributed by atoms with Crippen molar-refractivity contribution in [2.24, 2.45) is 0 Å². The van der Waals surface area contributed by atoms with Gasteiger partial charge in [0, 0.05) is 0 Å². The molecule has 4 nitrogen and oxygen atoms in total. The summed E-state index contributed by atoms with van der Waals surface area (Å²) in [6.45, 7) is 1.26. The van der Waals surface area contributed by atoms with Gasteiger partial charge in [-0.2, -0.15) is 0 Å². The van der Waals surface area contributed by atoms with E-state index in [1.54, 1.807) is 0 Å². The van der Waals surface area contributed by atoms with Crippen molar-refractivity contribution in [1.29, 1.82) is 0 Å². The fourth-order valence-electron chi connectivity index (χ4n) is 0.432. The van der Waals surface area contributed by atoms with Crippen LogP contribution < -0.4 is 5.32 Å². The second kappa shape index (κ2) is 4.29. The molecule has 0 aliphatic carbocycles. The van der Waals surface area contributed by atoms with Crippen LogP contribution in [0.25, 0.3) is 0 Å². The van der Waals surface area contributed by atoms with Gasteiger partial charge in [0.1, 0.15) is 0 Å². The van der Waals surface area contributed by atoms with E-state index >= 15 is 0 Å². The standard InChI is InChI=1S/C5H11NO3/c1-4(9)5(2-7)6-3-8/h3-5,7,9H,2H2,1H3,(H,6,8). The summed E-state index contributed by atoms with van der Waals surface area (Å²) in [5.74, 6) is 0. The van der Waals surface area contributed by atoms with Crippen LogP contribution in [-0.2, 0) is 4.79 Å². The van der Waals surface area contributed by atoms with E-state index in [9.17, 15) is 4.79 Å². The summed E-state index contributed by atoms with van der Waals surface area (Å²) in [6, 6.07) is -0.539. The van der Waals surface area contributed by atoms with Gasteiger partial charge in [0.25, 0.3) is 0 Å². The molecule has 0 bridgehead atoms. The first-order valence-corrected chi connectivity index (χ1v) is 2.71. The maximum Gasteiger partial charge on any atom is 0.207 e. The molecule has 9 heavy (non-hydrogen) atoms. The van der Waals surface area contributed by atoms with Crippen LogP contribution in [0.5, 0.6) is 0 Å². The molecule has 0 fully saturated rings. The molecule has 54 valence electrons. The van der Waals surface area contributed by atoms with E-state index in [2.05, 4.69) is 5.32 Å². The van der Waals surface area contributed by atoms with Crippen molar-refractivity contribution in [2.75, 3.05) is 6.61 Å². The Balaban J connectivity index is 3.53. The molecule has 3 N–H and O–H groups in total. The van der Waals surface area contributed by atoms with Gasteiger partial charge in [-0.15, -0.1) is 0 Å². The summed E-state index contributed by atoms with van der Waals surface area (Å²) in [5, 5.41) is 19.5. The number of hydrogen-bond acceptors (Lipinski definition) is 3. The van der Waals surface area contributed by atoms with E-state index in [0.717, 1.165) is 0 Å². The molecule has 2 unspecified atom stereocenters. The van der Waals surface area contributed by atoms with Crippen LogP contribution in [0.1, 0.15) is 6.92 Å². The predicted octanol–water partition coefficient (Wildman–Crippen LogP) is -1.53. The first-order chi connectivity index (χ1) is 4.22. The molecule has 0 aliphatic rings. The second-order valence-electron chi connectivity index (χ2n) is 1.81. The Labute approximate surface area is 53.5 Å². The van der Waals surface area contributed by atoms with E-state index in [0.29, 0.717) is 6.41 Å². The number of aliphatic hydroxyl groups excluding tert-OH is 2. The highest BCUT2D eigenvalue weighted by molar-refractivity contribution is 5.46. The van der Waals surface area contributed by atoms with Crippen LogP contribution in [0.3, 0.4) is 0 Å². The van der Waals surface area contributed by atoms with Crippen LogP contribution in [-0.4, -0.2) is 35.4 Å².